The molecular formula is C17H20BrFN4O. The smallest absolute Gasteiger partial charge is 0.244 e. The topological polar surface area (TPSA) is 41.4 Å². The largest absolute Gasteiger partial charge is 0.339 e. The van der Waals surface area contributed by atoms with Crippen molar-refractivity contribution in [3.8, 4) is 0 Å². The van der Waals surface area contributed by atoms with E-state index in [4.69, 9.17) is 0 Å². The number of benzene rings is 1. The molecule has 128 valence electrons. The Hall–Kier alpha value is -1.73. The van der Waals surface area contributed by atoms with E-state index in [-0.39, 0.29) is 18.3 Å². The van der Waals surface area contributed by atoms with Gasteiger partial charge in [0.05, 0.1) is 16.4 Å². The summed E-state index contributed by atoms with van der Waals surface area (Å²) in [5.74, 6) is -0.121. The van der Waals surface area contributed by atoms with Crippen LogP contribution in [0.2, 0.25) is 0 Å². The summed E-state index contributed by atoms with van der Waals surface area (Å²) in [6.07, 6.45) is 1.71. The molecular weight excluding hydrogens is 375 g/mol. The molecule has 1 aromatic carbocycles. The van der Waals surface area contributed by atoms with Gasteiger partial charge in [-0.3, -0.25) is 14.4 Å². The summed E-state index contributed by atoms with van der Waals surface area (Å²) >= 11 is 3.41. The van der Waals surface area contributed by atoms with E-state index in [9.17, 15) is 9.18 Å². The number of aromatic nitrogens is 2. The van der Waals surface area contributed by atoms with Gasteiger partial charge in [-0.15, -0.1) is 0 Å². The Labute approximate surface area is 149 Å². The zero-order chi connectivity index (χ0) is 17.1. The van der Waals surface area contributed by atoms with Crippen LogP contribution in [-0.4, -0.2) is 51.7 Å². The van der Waals surface area contributed by atoms with Crippen molar-refractivity contribution in [2.24, 2.45) is 0 Å². The van der Waals surface area contributed by atoms with E-state index < -0.39 is 0 Å². The molecule has 0 atom stereocenters. The van der Waals surface area contributed by atoms with Crippen LogP contribution in [0, 0.1) is 12.7 Å². The Kier molecular flexibility index (Phi) is 5.30. The lowest BCUT2D eigenvalue weighted by Crippen LogP contribution is -2.49. The molecule has 2 aromatic rings. The number of piperazine rings is 1. The maximum Gasteiger partial charge on any atom is 0.244 e. The van der Waals surface area contributed by atoms with Gasteiger partial charge in [0.1, 0.15) is 12.4 Å². The monoisotopic (exact) mass is 394 g/mol. The third kappa shape index (κ3) is 4.02. The first-order valence-electron chi connectivity index (χ1n) is 7.95. The normalized spacial score (nSPS) is 15.7. The van der Waals surface area contributed by atoms with Crippen LogP contribution in [0.3, 0.4) is 0 Å². The summed E-state index contributed by atoms with van der Waals surface area (Å²) < 4.78 is 15.6. The minimum absolute atomic E-state index is 0.0927. The molecule has 24 heavy (non-hydrogen) atoms. The van der Waals surface area contributed by atoms with Crippen molar-refractivity contribution in [2.45, 2.75) is 20.0 Å². The summed E-state index contributed by atoms with van der Waals surface area (Å²) in [6, 6.07) is 6.59. The highest BCUT2D eigenvalue weighted by Gasteiger charge is 2.22. The standard InChI is InChI=1S/C17H20BrFN4O/c1-13-16(18)10-20-23(13)12-17(24)22-8-6-21(7-9-22)11-14-2-4-15(19)5-3-14/h2-5,10H,6-9,11-12H2,1H3. The second-order valence-corrected chi connectivity index (χ2v) is 6.87. The maximum atomic E-state index is 12.9. The molecule has 5 nitrogen and oxygen atoms in total. The predicted molar refractivity (Wildman–Crippen MR) is 92.9 cm³/mol. The van der Waals surface area contributed by atoms with Crippen molar-refractivity contribution in [1.82, 2.24) is 19.6 Å². The zero-order valence-electron chi connectivity index (χ0n) is 13.6. The lowest BCUT2D eigenvalue weighted by molar-refractivity contribution is -0.133. The number of carbonyl (C=O) groups is 1. The molecule has 0 saturated carbocycles. The second-order valence-electron chi connectivity index (χ2n) is 6.02. The van der Waals surface area contributed by atoms with Crippen LogP contribution in [0.4, 0.5) is 4.39 Å². The van der Waals surface area contributed by atoms with E-state index >= 15 is 0 Å². The first-order valence-corrected chi connectivity index (χ1v) is 8.75. The summed E-state index contributed by atoms with van der Waals surface area (Å²) in [7, 11) is 0. The average Bonchev–Trinajstić information content (AvgIpc) is 2.90. The molecule has 0 unspecified atom stereocenters. The number of rotatable bonds is 4. The minimum atomic E-state index is -0.213. The van der Waals surface area contributed by atoms with Gasteiger partial charge in [0.25, 0.3) is 0 Å². The third-order valence-corrected chi connectivity index (χ3v) is 5.15. The van der Waals surface area contributed by atoms with E-state index in [0.717, 1.165) is 35.4 Å². The fourth-order valence-corrected chi connectivity index (χ4v) is 3.11. The molecule has 0 N–H and O–H groups in total. The Morgan fingerprint density at radius 1 is 1.21 bits per heavy atom. The van der Waals surface area contributed by atoms with Crippen molar-refractivity contribution in [3.63, 3.8) is 0 Å². The molecule has 0 aliphatic carbocycles. The van der Waals surface area contributed by atoms with Crippen molar-refractivity contribution < 1.29 is 9.18 Å². The van der Waals surface area contributed by atoms with Crippen LogP contribution in [0.25, 0.3) is 0 Å². The highest BCUT2D eigenvalue weighted by Crippen LogP contribution is 2.15. The molecule has 1 aliphatic heterocycles. The number of halogens is 2. The van der Waals surface area contributed by atoms with Gasteiger partial charge in [0.2, 0.25) is 5.91 Å². The fraction of sp³-hybridized carbons (Fsp3) is 0.412. The van der Waals surface area contributed by atoms with Crippen LogP contribution in [0.15, 0.2) is 34.9 Å². The van der Waals surface area contributed by atoms with Gasteiger partial charge in [0.15, 0.2) is 0 Å². The van der Waals surface area contributed by atoms with Crippen molar-refractivity contribution in [2.75, 3.05) is 26.2 Å². The van der Waals surface area contributed by atoms with Crippen LogP contribution in [0.5, 0.6) is 0 Å². The Bertz CT molecular complexity index is 708. The SMILES string of the molecule is Cc1c(Br)cnn1CC(=O)N1CCN(Cc2ccc(F)cc2)CC1. The van der Waals surface area contributed by atoms with Gasteiger partial charge in [-0.1, -0.05) is 12.1 Å². The molecule has 0 radical (unpaired) electrons. The highest BCUT2D eigenvalue weighted by molar-refractivity contribution is 9.10. The van der Waals surface area contributed by atoms with E-state index in [0.29, 0.717) is 13.1 Å². The lowest BCUT2D eigenvalue weighted by atomic mass is 10.2. The van der Waals surface area contributed by atoms with Gasteiger partial charge in [-0.25, -0.2) is 4.39 Å². The molecule has 0 spiro atoms. The van der Waals surface area contributed by atoms with Gasteiger partial charge in [0, 0.05) is 32.7 Å². The van der Waals surface area contributed by atoms with Crippen LogP contribution < -0.4 is 0 Å². The number of hydrogen-bond acceptors (Lipinski definition) is 3. The third-order valence-electron chi connectivity index (χ3n) is 4.37. The van der Waals surface area contributed by atoms with Gasteiger partial charge in [-0.2, -0.15) is 5.10 Å². The second kappa shape index (κ2) is 7.44. The maximum absolute atomic E-state index is 12.9. The predicted octanol–water partition coefficient (Wildman–Crippen LogP) is 2.44. The van der Waals surface area contributed by atoms with Gasteiger partial charge >= 0.3 is 0 Å². The number of carbonyl (C=O) groups excluding carboxylic acids is 1. The molecule has 1 fully saturated rings. The first kappa shape index (κ1) is 17.1. The lowest BCUT2D eigenvalue weighted by Gasteiger charge is -2.34. The molecule has 2 heterocycles. The minimum Gasteiger partial charge on any atom is -0.339 e. The van der Waals surface area contributed by atoms with Crippen LogP contribution in [0.1, 0.15) is 11.3 Å². The first-order chi connectivity index (χ1) is 11.5. The number of amides is 1. The summed E-state index contributed by atoms with van der Waals surface area (Å²) in [5, 5.41) is 4.21. The molecule has 1 saturated heterocycles. The molecule has 7 heteroatoms. The zero-order valence-corrected chi connectivity index (χ0v) is 15.2. The molecule has 0 bridgehead atoms. The Morgan fingerprint density at radius 2 is 1.88 bits per heavy atom. The fourth-order valence-electron chi connectivity index (χ4n) is 2.81. The molecule has 3 rings (SSSR count). The van der Waals surface area contributed by atoms with Crippen molar-refractivity contribution in [3.05, 3.63) is 52.0 Å². The molecule has 1 aliphatic rings. The van der Waals surface area contributed by atoms with E-state index in [1.165, 1.54) is 12.1 Å². The van der Waals surface area contributed by atoms with E-state index in [2.05, 4.69) is 25.9 Å². The molecule has 1 amide bonds. The van der Waals surface area contributed by atoms with Gasteiger partial charge in [-0.05, 0) is 40.5 Å². The van der Waals surface area contributed by atoms with Crippen LogP contribution in [-0.2, 0) is 17.9 Å². The van der Waals surface area contributed by atoms with E-state index in [1.54, 1.807) is 10.9 Å². The highest BCUT2D eigenvalue weighted by atomic mass is 79.9. The summed E-state index contributed by atoms with van der Waals surface area (Å²) in [5.41, 5.74) is 2.05. The number of nitrogens with zero attached hydrogens (tertiary/aromatic N) is 4. The van der Waals surface area contributed by atoms with Crippen molar-refractivity contribution in [1.29, 1.82) is 0 Å². The van der Waals surface area contributed by atoms with E-state index in [1.807, 2.05) is 24.0 Å². The van der Waals surface area contributed by atoms with Gasteiger partial charge < -0.3 is 4.90 Å². The number of hydrogen-bond donors (Lipinski definition) is 0. The van der Waals surface area contributed by atoms with Crippen molar-refractivity contribution >= 4 is 21.8 Å². The summed E-state index contributed by atoms with van der Waals surface area (Å²) in [6.45, 7) is 6.06. The quantitative estimate of drug-likeness (QED) is 0.799. The Balaban J connectivity index is 1.50. The Morgan fingerprint density at radius 3 is 2.46 bits per heavy atom. The average molecular weight is 395 g/mol. The van der Waals surface area contributed by atoms with Crippen LogP contribution >= 0.6 is 15.9 Å². The summed E-state index contributed by atoms with van der Waals surface area (Å²) in [4.78, 5) is 16.6. The molecule has 1 aromatic heterocycles.